The summed E-state index contributed by atoms with van der Waals surface area (Å²) in [6, 6.07) is 1.96. The molecule has 0 amide bonds. The lowest BCUT2D eigenvalue weighted by atomic mass is 9.99. The van der Waals surface area contributed by atoms with Gasteiger partial charge < -0.3 is 19.9 Å². The van der Waals surface area contributed by atoms with E-state index in [0.717, 1.165) is 24.3 Å². The molecule has 0 bridgehead atoms. The van der Waals surface area contributed by atoms with Gasteiger partial charge in [0.15, 0.2) is 11.7 Å². The number of ether oxygens (including phenoxy) is 1. The van der Waals surface area contributed by atoms with Crippen LogP contribution in [0.3, 0.4) is 0 Å². The average molecular weight is 338 g/mol. The largest absolute Gasteiger partial charge is 0.459 e. The second kappa shape index (κ2) is 9.30. The second-order valence-corrected chi connectivity index (χ2v) is 6.60. The summed E-state index contributed by atoms with van der Waals surface area (Å²) in [5, 5.41) is 10.1. The van der Waals surface area contributed by atoms with Crippen LogP contribution in [0.1, 0.15) is 64.8 Å². The summed E-state index contributed by atoms with van der Waals surface area (Å²) in [4.78, 5) is 15.8. The number of aliphatic imine (C=N–C) groups is 1. The van der Waals surface area contributed by atoms with E-state index in [1.165, 1.54) is 0 Å². The molecule has 0 spiro atoms. The first-order valence-electron chi connectivity index (χ1n) is 8.40. The quantitative estimate of drug-likeness (QED) is 0.451. The molecule has 0 unspecified atom stereocenters. The molecule has 0 fully saturated rings. The van der Waals surface area contributed by atoms with Crippen LogP contribution in [0.2, 0.25) is 0 Å². The lowest BCUT2D eigenvalue weighted by Crippen LogP contribution is -2.41. The van der Waals surface area contributed by atoms with Gasteiger partial charge in [0.25, 0.3) is 0 Å². The highest BCUT2D eigenvalue weighted by atomic mass is 16.6. The molecule has 1 rings (SSSR count). The molecule has 1 heterocycles. The van der Waals surface area contributed by atoms with Gasteiger partial charge in [-0.1, -0.05) is 19.0 Å². The molecule has 0 aliphatic heterocycles. The summed E-state index contributed by atoms with van der Waals surface area (Å²) >= 11 is 0. The average Bonchev–Trinajstić information content (AvgIpc) is 2.95. The number of guanidine groups is 1. The summed E-state index contributed by atoms with van der Waals surface area (Å²) in [5.41, 5.74) is 0.481. The van der Waals surface area contributed by atoms with Crippen LogP contribution in [0.4, 0.5) is 0 Å². The zero-order chi connectivity index (χ0) is 18.2. The van der Waals surface area contributed by atoms with Crippen LogP contribution in [0.15, 0.2) is 15.6 Å². The van der Waals surface area contributed by atoms with Crippen LogP contribution in [0.25, 0.3) is 0 Å². The van der Waals surface area contributed by atoms with Gasteiger partial charge in [0.1, 0.15) is 12.1 Å². The van der Waals surface area contributed by atoms with Crippen molar-refractivity contribution in [3.05, 3.63) is 17.5 Å². The van der Waals surface area contributed by atoms with E-state index in [0.29, 0.717) is 18.4 Å². The predicted octanol–water partition coefficient (Wildman–Crippen LogP) is 2.58. The zero-order valence-corrected chi connectivity index (χ0v) is 15.6. The first-order chi connectivity index (χ1) is 11.3. The highest BCUT2D eigenvalue weighted by molar-refractivity contribution is 5.84. The SMILES string of the molecule is CCC(CC)c1cc(CNC(=NC)NCC(=O)OC(C)(C)C)on1. The zero-order valence-electron chi connectivity index (χ0n) is 15.6. The van der Waals surface area contributed by atoms with Gasteiger partial charge in [0, 0.05) is 19.0 Å². The Bertz CT molecular complexity index is 542. The Balaban J connectivity index is 2.46. The molecule has 0 atom stereocenters. The first kappa shape index (κ1) is 20.0. The lowest BCUT2D eigenvalue weighted by Gasteiger charge is -2.20. The molecule has 2 N–H and O–H groups in total. The van der Waals surface area contributed by atoms with Gasteiger partial charge in [0.05, 0.1) is 12.2 Å². The van der Waals surface area contributed by atoms with E-state index in [4.69, 9.17) is 9.26 Å². The van der Waals surface area contributed by atoms with Crippen LogP contribution in [-0.4, -0.2) is 36.3 Å². The van der Waals surface area contributed by atoms with Gasteiger partial charge in [-0.25, -0.2) is 0 Å². The minimum absolute atomic E-state index is 0.0480. The molecule has 1 aromatic heterocycles. The number of esters is 1. The molecular formula is C17H30N4O3. The molecule has 0 aliphatic rings. The fourth-order valence-electron chi connectivity index (χ4n) is 2.24. The molecule has 7 nitrogen and oxygen atoms in total. The molecular weight excluding hydrogens is 308 g/mol. The fraction of sp³-hybridized carbons (Fsp3) is 0.706. The molecule has 0 radical (unpaired) electrons. The normalized spacial score (nSPS) is 12.4. The van der Waals surface area contributed by atoms with Gasteiger partial charge >= 0.3 is 5.97 Å². The third-order valence-electron chi connectivity index (χ3n) is 3.45. The monoisotopic (exact) mass is 338 g/mol. The Morgan fingerprint density at radius 3 is 2.54 bits per heavy atom. The van der Waals surface area contributed by atoms with Crippen LogP contribution >= 0.6 is 0 Å². The van der Waals surface area contributed by atoms with Crippen LogP contribution in [0, 0.1) is 0 Å². The van der Waals surface area contributed by atoms with Gasteiger partial charge in [-0.3, -0.25) is 9.79 Å². The van der Waals surface area contributed by atoms with E-state index in [1.54, 1.807) is 7.05 Å². The highest BCUT2D eigenvalue weighted by Crippen LogP contribution is 2.22. The number of carbonyl (C=O) groups excluding carboxylic acids is 1. The minimum atomic E-state index is -0.499. The van der Waals surface area contributed by atoms with Gasteiger partial charge in [0.2, 0.25) is 0 Å². The van der Waals surface area contributed by atoms with Crippen molar-refractivity contribution < 1.29 is 14.1 Å². The third kappa shape index (κ3) is 7.02. The van der Waals surface area contributed by atoms with E-state index in [9.17, 15) is 4.79 Å². The Labute approximate surface area is 144 Å². The lowest BCUT2D eigenvalue weighted by molar-refractivity contribution is -0.153. The maximum atomic E-state index is 11.7. The Kier molecular flexibility index (Phi) is 7.74. The molecule has 0 aromatic carbocycles. The van der Waals surface area contributed by atoms with Gasteiger partial charge in [-0.05, 0) is 33.6 Å². The standard InChI is InChI=1S/C17H30N4O3/c1-7-12(8-2)14-9-13(24-21-14)10-19-16(18-6)20-11-15(22)23-17(3,4)5/h9,12H,7-8,10-11H2,1-6H3,(H2,18,19,20). The molecule has 0 saturated heterocycles. The Morgan fingerprint density at radius 2 is 2.00 bits per heavy atom. The van der Waals surface area contributed by atoms with Gasteiger partial charge in [-0.2, -0.15) is 0 Å². The third-order valence-corrected chi connectivity index (χ3v) is 3.45. The summed E-state index contributed by atoms with van der Waals surface area (Å²) in [5.74, 6) is 1.33. The first-order valence-corrected chi connectivity index (χ1v) is 8.40. The molecule has 24 heavy (non-hydrogen) atoms. The van der Waals surface area contributed by atoms with E-state index in [1.807, 2.05) is 26.8 Å². The number of rotatable bonds is 7. The number of nitrogens with one attached hydrogen (secondary N) is 2. The van der Waals surface area contributed by atoms with E-state index in [2.05, 4.69) is 34.6 Å². The smallest absolute Gasteiger partial charge is 0.325 e. The molecule has 1 aromatic rings. The van der Waals surface area contributed by atoms with Crippen molar-refractivity contribution >= 4 is 11.9 Å². The Morgan fingerprint density at radius 1 is 1.33 bits per heavy atom. The minimum Gasteiger partial charge on any atom is -0.459 e. The number of nitrogens with zero attached hydrogens (tertiary/aromatic N) is 2. The number of hydrogen-bond donors (Lipinski definition) is 2. The maximum absolute atomic E-state index is 11.7. The molecule has 7 heteroatoms. The van der Waals surface area contributed by atoms with Gasteiger partial charge in [-0.15, -0.1) is 0 Å². The van der Waals surface area contributed by atoms with E-state index in [-0.39, 0.29) is 12.5 Å². The molecule has 0 saturated carbocycles. The van der Waals surface area contributed by atoms with Crippen molar-refractivity contribution in [2.45, 2.75) is 65.5 Å². The topological polar surface area (TPSA) is 88.8 Å². The molecule has 0 aliphatic carbocycles. The van der Waals surface area contributed by atoms with Crippen molar-refractivity contribution in [2.24, 2.45) is 4.99 Å². The van der Waals surface area contributed by atoms with Crippen LogP contribution in [-0.2, 0) is 16.1 Å². The highest BCUT2D eigenvalue weighted by Gasteiger charge is 2.16. The van der Waals surface area contributed by atoms with Crippen molar-refractivity contribution in [1.82, 2.24) is 15.8 Å². The summed E-state index contributed by atoms with van der Waals surface area (Å²) < 4.78 is 10.6. The van der Waals surface area contributed by atoms with E-state index < -0.39 is 5.60 Å². The Hall–Kier alpha value is -2.05. The number of carbonyl (C=O) groups is 1. The van der Waals surface area contributed by atoms with Crippen molar-refractivity contribution in [3.8, 4) is 0 Å². The number of aromatic nitrogens is 1. The summed E-state index contributed by atoms with van der Waals surface area (Å²) in [6.45, 7) is 10.3. The van der Waals surface area contributed by atoms with Crippen LogP contribution in [0.5, 0.6) is 0 Å². The second-order valence-electron chi connectivity index (χ2n) is 6.60. The maximum Gasteiger partial charge on any atom is 0.325 e. The van der Waals surface area contributed by atoms with Crippen LogP contribution < -0.4 is 10.6 Å². The van der Waals surface area contributed by atoms with Crippen molar-refractivity contribution in [2.75, 3.05) is 13.6 Å². The summed E-state index contributed by atoms with van der Waals surface area (Å²) in [6.07, 6.45) is 2.07. The van der Waals surface area contributed by atoms with E-state index >= 15 is 0 Å². The summed E-state index contributed by atoms with van der Waals surface area (Å²) in [7, 11) is 1.64. The van der Waals surface area contributed by atoms with Crippen molar-refractivity contribution in [3.63, 3.8) is 0 Å². The fourth-order valence-corrected chi connectivity index (χ4v) is 2.24. The number of hydrogen-bond acceptors (Lipinski definition) is 5. The predicted molar refractivity (Wildman–Crippen MR) is 93.9 cm³/mol. The molecule has 136 valence electrons. The van der Waals surface area contributed by atoms with Crippen molar-refractivity contribution in [1.29, 1.82) is 0 Å².